The fourth-order valence-electron chi connectivity index (χ4n) is 2.00. The van der Waals surface area contributed by atoms with Crippen molar-refractivity contribution >= 4 is 5.91 Å². The number of ether oxygens (including phenoxy) is 1. The summed E-state index contributed by atoms with van der Waals surface area (Å²) in [5.41, 5.74) is 1.23. The van der Waals surface area contributed by atoms with Gasteiger partial charge in [-0.2, -0.15) is 0 Å². The molecule has 0 spiro atoms. The van der Waals surface area contributed by atoms with Crippen LogP contribution in [0.15, 0.2) is 47.1 Å². The Labute approximate surface area is 118 Å². The molecule has 0 bridgehead atoms. The summed E-state index contributed by atoms with van der Waals surface area (Å²) >= 11 is 0. The number of methoxy groups -OCH3 is 1. The predicted octanol–water partition coefficient (Wildman–Crippen LogP) is 3.21. The number of hydrogen-bond donors (Lipinski definition) is 1. The van der Waals surface area contributed by atoms with E-state index in [1.165, 1.54) is 11.8 Å². The number of hydrogen-bond acceptors (Lipinski definition) is 3. The topological polar surface area (TPSA) is 51.5 Å². The first-order valence-electron chi connectivity index (χ1n) is 6.66. The van der Waals surface area contributed by atoms with Crippen molar-refractivity contribution in [1.82, 2.24) is 5.32 Å². The summed E-state index contributed by atoms with van der Waals surface area (Å²) in [7, 11) is 1.66. The lowest BCUT2D eigenvalue weighted by atomic mass is 9.98. The van der Waals surface area contributed by atoms with E-state index in [4.69, 9.17) is 9.15 Å². The van der Waals surface area contributed by atoms with E-state index in [0.29, 0.717) is 18.2 Å². The maximum absolute atomic E-state index is 11.7. The quantitative estimate of drug-likeness (QED) is 0.879. The molecule has 1 heterocycles. The van der Waals surface area contributed by atoms with Gasteiger partial charge in [-0.05, 0) is 42.2 Å². The standard InChI is InChI=1S/C16H19NO3/c1-12(13-5-7-14(19-2)8-6-13)9-10-17-16(18)15-4-3-11-20-15/h3-8,11-12H,9-10H2,1-2H3,(H,17,18)/t12-/m0/s1. The normalized spacial score (nSPS) is 11.9. The molecule has 0 aliphatic carbocycles. The van der Waals surface area contributed by atoms with Gasteiger partial charge in [-0.1, -0.05) is 19.1 Å². The second kappa shape index (κ2) is 6.80. The molecule has 0 radical (unpaired) electrons. The Hall–Kier alpha value is -2.23. The lowest BCUT2D eigenvalue weighted by molar-refractivity contribution is 0.0925. The van der Waals surface area contributed by atoms with Crippen LogP contribution >= 0.6 is 0 Å². The van der Waals surface area contributed by atoms with Crippen LogP contribution in [0, 0.1) is 0 Å². The molecule has 0 saturated heterocycles. The lowest BCUT2D eigenvalue weighted by Gasteiger charge is -2.12. The SMILES string of the molecule is COc1ccc([C@@H](C)CCNC(=O)c2ccco2)cc1. The summed E-state index contributed by atoms with van der Waals surface area (Å²) in [5.74, 6) is 1.41. The van der Waals surface area contributed by atoms with Crippen molar-refractivity contribution in [3.8, 4) is 5.75 Å². The van der Waals surface area contributed by atoms with Gasteiger partial charge in [0.2, 0.25) is 0 Å². The van der Waals surface area contributed by atoms with Gasteiger partial charge in [-0.25, -0.2) is 0 Å². The predicted molar refractivity (Wildman–Crippen MR) is 77.1 cm³/mol. The van der Waals surface area contributed by atoms with Crippen LogP contribution in [0.2, 0.25) is 0 Å². The Bertz CT molecular complexity index is 531. The smallest absolute Gasteiger partial charge is 0.286 e. The largest absolute Gasteiger partial charge is 0.497 e. The van der Waals surface area contributed by atoms with Crippen molar-refractivity contribution in [2.24, 2.45) is 0 Å². The highest BCUT2D eigenvalue weighted by atomic mass is 16.5. The van der Waals surface area contributed by atoms with Crippen molar-refractivity contribution in [2.45, 2.75) is 19.3 Å². The fraction of sp³-hybridized carbons (Fsp3) is 0.312. The molecule has 2 aromatic rings. The number of carbonyl (C=O) groups excluding carboxylic acids is 1. The van der Waals surface area contributed by atoms with Crippen molar-refractivity contribution in [1.29, 1.82) is 0 Å². The van der Waals surface area contributed by atoms with Crippen LogP contribution < -0.4 is 10.1 Å². The highest BCUT2D eigenvalue weighted by Gasteiger charge is 2.09. The van der Waals surface area contributed by atoms with Gasteiger partial charge >= 0.3 is 0 Å². The summed E-state index contributed by atoms with van der Waals surface area (Å²) < 4.78 is 10.2. The molecule has 1 aromatic carbocycles. The van der Waals surface area contributed by atoms with Crippen molar-refractivity contribution in [2.75, 3.05) is 13.7 Å². The average molecular weight is 273 g/mol. The van der Waals surface area contributed by atoms with Crippen LogP contribution in [-0.4, -0.2) is 19.6 Å². The molecule has 106 valence electrons. The molecule has 0 saturated carbocycles. The molecule has 4 nitrogen and oxygen atoms in total. The monoisotopic (exact) mass is 273 g/mol. The fourth-order valence-corrected chi connectivity index (χ4v) is 2.00. The number of amides is 1. The van der Waals surface area contributed by atoms with E-state index in [9.17, 15) is 4.79 Å². The van der Waals surface area contributed by atoms with Gasteiger partial charge in [0.15, 0.2) is 5.76 Å². The Morgan fingerprint density at radius 2 is 2.05 bits per heavy atom. The Balaban J connectivity index is 1.79. The van der Waals surface area contributed by atoms with Gasteiger partial charge in [0.1, 0.15) is 5.75 Å². The van der Waals surface area contributed by atoms with E-state index in [1.807, 2.05) is 12.1 Å². The van der Waals surface area contributed by atoms with E-state index >= 15 is 0 Å². The number of furan rings is 1. The van der Waals surface area contributed by atoms with Crippen molar-refractivity contribution in [3.05, 3.63) is 54.0 Å². The maximum Gasteiger partial charge on any atom is 0.286 e. The minimum absolute atomic E-state index is 0.170. The number of rotatable bonds is 6. The lowest BCUT2D eigenvalue weighted by Crippen LogP contribution is -2.24. The molecule has 0 aliphatic rings. The number of carbonyl (C=O) groups is 1. The molecule has 4 heteroatoms. The zero-order valence-electron chi connectivity index (χ0n) is 11.8. The van der Waals surface area contributed by atoms with Crippen LogP contribution in [0.3, 0.4) is 0 Å². The first kappa shape index (κ1) is 14.2. The summed E-state index contributed by atoms with van der Waals surface area (Å²) in [6, 6.07) is 11.4. The molecule has 0 fully saturated rings. The van der Waals surface area contributed by atoms with Gasteiger partial charge in [0, 0.05) is 6.54 Å². The average Bonchev–Trinajstić information content (AvgIpc) is 3.01. The third kappa shape index (κ3) is 3.63. The van der Waals surface area contributed by atoms with E-state index in [-0.39, 0.29) is 5.91 Å². The maximum atomic E-state index is 11.7. The van der Waals surface area contributed by atoms with Gasteiger partial charge < -0.3 is 14.5 Å². The van der Waals surface area contributed by atoms with Gasteiger partial charge in [0.05, 0.1) is 13.4 Å². The van der Waals surface area contributed by atoms with Crippen molar-refractivity contribution < 1.29 is 13.9 Å². The summed E-state index contributed by atoms with van der Waals surface area (Å²) in [4.78, 5) is 11.7. The highest BCUT2D eigenvalue weighted by molar-refractivity contribution is 5.91. The second-order valence-electron chi connectivity index (χ2n) is 4.70. The summed E-state index contributed by atoms with van der Waals surface area (Å²) in [5, 5.41) is 2.85. The van der Waals surface area contributed by atoms with Crippen LogP contribution in [0.5, 0.6) is 5.75 Å². The van der Waals surface area contributed by atoms with E-state index in [0.717, 1.165) is 12.2 Å². The van der Waals surface area contributed by atoms with E-state index < -0.39 is 0 Å². The molecule has 20 heavy (non-hydrogen) atoms. The third-order valence-corrected chi connectivity index (χ3v) is 3.29. The van der Waals surface area contributed by atoms with Crippen molar-refractivity contribution in [3.63, 3.8) is 0 Å². The second-order valence-corrected chi connectivity index (χ2v) is 4.70. The number of nitrogens with one attached hydrogen (secondary N) is 1. The van der Waals surface area contributed by atoms with Gasteiger partial charge in [-0.3, -0.25) is 4.79 Å². The molecule has 0 aliphatic heterocycles. The molecule has 0 unspecified atom stereocenters. The molecule has 1 N–H and O–H groups in total. The molecular weight excluding hydrogens is 254 g/mol. The molecule has 1 atom stereocenters. The first-order chi connectivity index (χ1) is 9.70. The van der Waals surface area contributed by atoms with E-state index in [1.54, 1.807) is 19.2 Å². The van der Waals surface area contributed by atoms with E-state index in [2.05, 4.69) is 24.4 Å². The minimum atomic E-state index is -0.170. The van der Waals surface area contributed by atoms with Gasteiger partial charge in [0.25, 0.3) is 5.91 Å². The molecule has 1 aromatic heterocycles. The van der Waals surface area contributed by atoms with Crippen LogP contribution in [0.4, 0.5) is 0 Å². The first-order valence-corrected chi connectivity index (χ1v) is 6.66. The molecular formula is C16H19NO3. The summed E-state index contributed by atoms with van der Waals surface area (Å²) in [6.45, 7) is 2.76. The number of benzene rings is 1. The zero-order valence-corrected chi connectivity index (χ0v) is 11.8. The third-order valence-electron chi connectivity index (χ3n) is 3.29. The zero-order chi connectivity index (χ0) is 14.4. The minimum Gasteiger partial charge on any atom is -0.497 e. The van der Waals surface area contributed by atoms with Crippen LogP contribution in [0.25, 0.3) is 0 Å². The van der Waals surface area contributed by atoms with Crippen LogP contribution in [-0.2, 0) is 0 Å². The Morgan fingerprint density at radius 1 is 1.30 bits per heavy atom. The highest BCUT2D eigenvalue weighted by Crippen LogP contribution is 2.21. The van der Waals surface area contributed by atoms with Gasteiger partial charge in [-0.15, -0.1) is 0 Å². The Morgan fingerprint density at radius 3 is 2.65 bits per heavy atom. The van der Waals surface area contributed by atoms with Crippen LogP contribution in [0.1, 0.15) is 35.4 Å². The summed E-state index contributed by atoms with van der Waals surface area (Å²) in [6.07, 6.45) is 2.37. The Kier molecular flexibility index (Phi) is 4.82. The molecule has 1 amide bonds. The molecule has 2 rings (SSSR count).